The molecule has 0 aliphatic carbocycles. The number of pyridine rings is 1. The van der Waals surface area contributed by atoms with E-state index in [1.807, 2.05) is 0 Å². The van der Waals surface area contributed by atoms with Gasteiger partial charge in [-0.3, -0.25) is 14.6 Å². The zero-order valence-corrected chi connectivity index (χ0v) is 19.4. The van der Waals surface area contributed by atoms with Gasteiger partial charge in [-0.15, -0.1) is 0 Å². The van der Waals surface area contributed by atoms with E-state index in [1.54, 1.807) is 43.6 Å². The Labute approximate surface area is 194 Å². The van der Waals surface area contributed by atoms with Crippen LogP contribution in [0.2, 0.25) is 10.0 Å². The summed E-state index contributed by atoms with van der Waals surface area (Å²) in [6.45, 7) is 3.19. The first-order valence-corrected chi connectivity index (χ1v) is 11.6. The lowest BCUT2D eigenvalue weighted by Crippen LogP contribution is -2.33. The van der Waals surface area contributed by atoms with Gasteiger partial charge in [-0.2, -0.15) is 5.10 Å². The minimum atomic E-state index is -3.86. The predicted molar refractivity (Wildman–Crippen MR) is 121 cm³/mol. The molecule has 0 aliphatic heterocycles. The molecule has 1 amide bonds. The molecule has 2 aromatic heterocycles. The molecule has 12 heteroatoms. The third kappa shape index (κ3) is 5.33. The quantitative estimate of drug-likeness (QED) is 0.519. The summed E-state index contributed by atoms with van der Waals surface area (Å²) in [5.74, 6) is -0.588. The van der Waals surface area contributed by atoms with E-state index >= 15 is 0 Å². The number of amides is 1. The molecule has 168 valence electrons. The van der Waals surface area contributed by atoms with Crippen molar-refractivity contribution in [2.75, 3.05) is 5.32 Å². The predicted octanol–water partition coefficient (Wildman–Crippen LogP) is 2.93. The highest BCUT2D eigenvalue weighted by Gasteiger charge is 2.22. The summed E-state index contributed by atoms with van der Waals surface area (Å²) in [7, 11) is -3.86. The van der Waals surface area contributed by atoms with Gasteiger partial charge in [-0.05, 0) is 49.2 Å². The van der Waals surface area contributed by atoms with Crippen LogP contribution in [0.3, 0.4) is 0 Å². The monoisotopic (exact) mass is 495 g/mol. The molecule has 0 unspecified atom stereocenters. The maximum absolute atomic E-state index is 12.8. The van der Waals surface area contributed by atoms with E-state index in [-0.39, 0.29) is 27.2 Å². The average Bonchev–Trinajstić information content (AvgIpc) is 2.77. The molecule has 1 atom stereocenters. The van der Waals surface area contributed by atoms with Gasteiger partial charge < -0.3 is 5.32 Å². The van der Waals surface area contributed by atoms with E-state index in [1.165, 1.54) is 19.2 Å². The SMILES string of the molecule is Cc1ccc(NC(=O)[C@@H](C)n2ncc(Cl)c(Cl)c2=O)cc1S(=O)(=O)NCc1ccncc1. The van der Waals surface area contributed by atoms with Crippen LogP contribution in [0.25, 0.3) is 0 Å². The highest BCUT2D eigenvalue weighted by atomic mass is 35.5. The smallest absolute Gasteiger partial charge is 0.287 e. The van der Waals surface area contributed by atoms with Crippen molar-refractivity contribution in [3.05, 3.63) is 80.4 Å². The molecule has 0 bridgehead atoms. The number of hydrogen-bond donors (Lipinski definition) is 2. The number of benzene rings is 1. The summed E-state index contributed by atoms with van der Waals surface area (Å²) in [4.78, 5) is 28.8. The number of hydrogen-bond acceptors (Lipinski definition) is 6. The molecular weight excluding hydrogens is 477 g/mol. The van der Waals surface area contributed by atoms with Gasteiger partial charge in [0.15, 0.2) is 0 Å². The van der Waals surface area contributed by atoms with E-state index in [2.05, 4.69) is 20.1 Å². The summed E-state index contributed by atoms with van der Waals surface area (Å²) < 4.78 is 29.0. The van der Waals surface area contributed by atoms with Crippen molar-refractivity contribution < 1.29 is 13.2 Å². The molecule has 0 spiro atoms. The molecule has 0 fully saturated rings. The topological polar surface area (TPSA) is 123 Å². The van der Waals surface area contributed by atoms with E-state index in [0.29, 0.717) is 5.56 Å². The number of anilines is 1. The van der Waals surface area contributed by atoms with E-state index in [0.717, 1.165) is 10.2 Å². The first kappa shape index (κ1) is 23.9. The van der Waals surface area contributed by atoms with Gasteiger partial charge in [0.05, 0.1) is 16.1 Å². The van der Waals surface area contributed by atoms with Crippen molar-refractivity contribution in [1.29, 1.82) is 0 Å². The Kier molecular flexibility index (Phi) is 7.29. The van der Waals surface area contributed by atoms with Crippen LogP contribution in [-0.2, 0) is 21.4 Å². The van der Waals surface area contributed by atoms with Gasteiger partial charge >= 0.3 is 0 Å². The van der Waals surface area contributed by atoms with E-state index < -0.39 is 27.5 Å². The van der Waals surface area contributed by atoms with Gasteiger partial charge in [0.1, 0.15) is 11.1 Å². The van der Waals surface area contributed by atoms with Gasteiger partial charge in [-0.1, -0.05) is 29.3 Å². The van der Waals surface area contributed by atoms with Crippen LogP contribution in [0.1, 0.15) is 24.1 Å². The Bertz CT molecular complexity index is 1310. The van der Waals surface area contributed by atoms with Crippen LogP contribution in [0.5, 0.6) is 0 Å². The number of carbonyl (C=O) groups excluding carboxylic acids is 1. The molecule has 0 saturated carbocycles. The molecule has 1 aromatic carbocycles. The van der Waals surface area contributed by atoms with Crippen molar-refractivity contribution >= 4 is 44.8 Å². The maximum Gasteiger partial charge on any atom is 0.287 e. The Hall–Kier alpha value is -2.79. The van der Waals surface area contributed by atoms with Crippen LogP contribution in [0.4, 0.5) is 5.69 Å². The van der Waals surface area contributed by atoms with Crippen molar-refractivity contribution in [1.82, 2.24) is 19.5 Å². The summed E-state index contributed by atoms with van der Waals surface area (Å²) in [5.41, 5.74) is 0.777. The molecule has 9 nitrogen and oxygen atoms in total. The zero-order valence-electron chi connectivity index (χ0n) is 17.0. The molecule has 3 aromatic rings. The number of aromatic nitrogens is 3. The molecule has 3 rings (SSSR count). The summed E-state index contributed by atoms with van der Waals surface area (Å²) >= 11 is 11.6. The number of rotatable bonds is 7. The van der Waals surface area contributed by atoms with Crippen LogP contribution < -0.4 is 15.6 Å². The zero-order chi connectivity index (χ0) is 23.5. The average molecular weight is 496 g/mol. The number of aryl methyl sites for hydroxylation is 1. The fourth-order valence-electron chi connectivity index (χ4n) is 2.78. The summed E-state index contributed by atoms with van der Waals surface area (Å²) in [6.07, 6.45) is 4.31. The lowest BCUT2D eigenvalue weighted by atomic mass is 10.2. The fourth-order valence-corrected chi connectivity index (χ4v) is 4.33. The number of nitrogens with zero attached hydrogens (tertiary/aromatic N) is 3. The molecule has 0 radical (unpaired) electrons. The first-order chi connectivity index (χ1) is 15.1. The van der Waals surface area contributed by atoms with Crippen LogP contribution in [0.15, 0.2) is 58.6 Å². The molecular formula is C20H19Cl2N5O4S. The molecule has 2 N–H and O–H groups in total. The Morgan fingerprint density at radius 3 is 2.56 bits per heavy atom. The summed E-state index contributed by atoms with van der Waals surface area (Å²) in [6, 6.07) is 6.86. The van der Waals surface area contributed by atoms with Gasteiger partial charge in [-0.25, -0.2) is 17.8 Å². The van der Waals surface area contributed by atoms with Gasteiger partial charge in [0.25, 0.3) is 5.56 Å². The van der Waals surface area contributed by atoms with E-state index in [9.17, 15) is 18.0 Å². The number of sulfonamides is 1. The minimum Gasteiger partial charge on any atom is -0.324 e. The fraction of sp³-hybridized carbons (Fsp3) is 0.200. The van der Waals surface area contributed by atoms with Crippen molar-refractivity contribution in [2.24, 2.45) is 0 Å². The van der Waals surface area contributed by atoms with Crippen LogP contribution in [0, 0.1) is 6.92 Å². The Morgan fingerprint density at radius 2 is 1.88 bits per heavy atom. The molecule has 0 aliphatic rings. The van der Waals surface area contributed by atoms with Crippen molar-refractivity contribution in [3.8, 4) is 0 Å². The second kappa shape index (κ2) is 9.78. The first-order valence-electron chi connectivity index (χ1n) is 9.33. The lowest BCUT2D eigenvalue weighted by Gasteiger charge is -2.16. The minimum absolute atomic E-state index is 0.0156. The molecule has 0 saturated heterocycles. The van der Waals surface area contributed by atoms with Gasteiger partial charge in [0, 0.05) is 24.6 Å². The standard InChI is InChI=1S/C20H19Cl2N5O4S/c1-12-3-4-15(9-17(12)32(30,31)25-10-14-5-7-23-8-6-14)26-19(28)13(2)27-20(29)18(22)16(21)11-24-27/h3-9,11,13,25H,10H2,1-2H3,(H,26,28)/t13-/m1/s1. The van der Waals surface area contributed by atoms with Crippen LogP contribution >= 0.6 is 23.2 Å². The molecule has 2 heterocycles. The normalized spacial score (nSPS) is 12.4. The number of nitrogens with one attached hydrogen (secondary N) is 2. The van der Waals surface area contributed by atoms with Crippen molar-refractivity contribution in [2.45, 2.75) is 31.3 Å². The Balaban J connectivity index is 1.80. The van der Waals surface area contributed by atoms with Crippen molar-refractivity contribution in [3.63, 3.8) is 0 Å². The lowest BCUT2D eigenvalue weighted by molar-refractivity contribution is -0.119. The highest BCUT2D eigenvalue weighted by molar-refractivity contribution is 7.89. The number of halogens is 2. The van der Waals surface area contributed by atoms with Gasteiger partial charge in [0.2, 0.25) is 15.9 Å². The maximum atomic E-state index is 12.8. The highest BCUT2D eigenvalue weighted by Crippen LogP contribution is 2.22. The second-order valence-electron chi connectivity index (χ2n) is 6.88. The summed E-state index contributed by atoms with van der Waals surface area (Å²) in [5, 5.41) is 6.18. The third-order valence-electron chi connectivity index (χ3n) is 4.61. The number of carbonyl (C=O) groups is 1. The largest absolute Gasteiger partial charge is 0.324 e. The molecule has 32 heavy (non-hydrogen) atoms. The second-order valence-corrected chi connectivity index (χ2v) is 9.40. The Morgan fingerprint density at radius 1 is 1.19 bits per heavy atom. The van der Waals surface area contributed by atoms with E-state index in [4.69, 9.17) is 23.2 Å². The van der Waals surface area contributed by atoms with Crippen LogP contribution in [-0.4, -0.2) is 29.1 Å². The third-order valence-corrected chi connectivity index (χ3v) is 6.90.